The van der Waals surface area contributed by atoms with E-state index in [1.54, 1.807) is 0 Å². The summed E-state index contributed by atoms with van der Waals surface area (Å²) in [6, 6.07) is 0. The molecule has 40 valence electrons. The van der Waals surface area contributed by atoms with Crippen molar-refractivity contribution in [3.8, 4) is 0 Å². The maximum absolute atomic E-state index is 9.82. The summed E-state index contributed by atoms with van der Waals surface area (Å²) < 4.78 is 26.9. The van der Waals surface area contributed by atoms with Gasteiger partial charge in [-0.15, -0.1) is 0 Å². The van der Waals surface area contributed by atoms with Gasteiger partial charge in [0.25, 0.3) is 0 Å². The van der Waals surface area contributed by atoms with Gasteiger partial charge in [0, 0.05) is 0 Å². The van der Waals surface area contributed by atoms with Crippen LogP contribution >= 0.6 is 0 Å². The van der Waals surface area contributed by atoms with Crippen molar-refractivity contribution in [3.05, 3.63) is 0 Å². The summed E-state index contributed by atoms with van der Waals surface area (Å²) in [5.74, 6) is 0. The first-order valence-corrected chi connectivity index (χ1v) is 3.32. The summed E-state index contributed by atoms with van der Waals surface area (Å²) in [7, 11) is -3.13. The standard InChI is InChI=1S/Al.FH.H2O3Si.O/c;;1-4(2)3;/h;1H;1-2H;/q+1;;;/p-1. The molecule has 0 saturated heterocycles. The van der Waals surface area contributed by atoms with Crippen molar-refractivity contribution >= 4 is 24.8 Å². The molecule has 0 aromatic heterocycles. The van der Waals surface area contributed by atoms with Crippen molar-refractivity contribution in [2.45, 2.75) is 0 Å². The van der Waals surface area contributed by atoms with Crippen LogP contribution in [-0.4, -0.2) is 34.4 Å². The molecule has 0 heterocycles. The monoisotopic (exact) mass is 140 g/mol. The second-order valence-electron chi connectivity index (χ2n) is 0.372. The molecule has 0 rings (SSSR count). The molecule has 0 aromatic rings. The Balaban J connectivity index is 0. The Morgan fingerprint density at radius 1 is 1.57 bits per heavy atom. The molecule has 0 unspecified atom stereocenters. The van der Waals surface area contributed by atoms with Gasteiger partial charge in [-0.1, -0.05) is 0 Å². The van der Waals surface area contributed by atoms with Gasteiger partial charge in [0.05, 0.1) is 0 Å². The number of halogens is 1. The molecule has 0 aliphatic heterocycles. The first kappa shape index (κ1) is 9.99. The van der Waals surface area contributed by atoms with E-state index in [1.807, 2.05) is 0 Å². The van der Waals surface area contributed by atoms with E-state index in [0.717, 1.165) is 0 Å². The van der Waals surface area contributed by atoms with E-state index >= 15 is 0 Å². The molecule has 0 saturated carbocycles. The van der Waals surface area contributed by atoms with E-state index in [-0.39, 0.29) is 0 Å². The third-order valence-electron chi connectivity index (χ3n) is 0. The van der Waals surface area contributed by atoms with Crippen molar-refractivity contribution in [2.75, 3.05) is 0 Å². The van der Waals surface area contributed by atoms with Crippen LogP contribution in [0, 0.1) is 0 Å². The van der Waals surface area contributed by atoms with Crippen molar-refractivity contribution < 1.29 is 21.4 Å². The molecular formula is H2AlFO4Si. The number of rotatable bonds is 0. The minimum atomic E-state index is -3.13. The fraction of sp³-hybridized carbons (Fsp3) is 0. The van der Waals surface area contributed by atoms with Crippen molar-refractivity contribution in [3.63, 3.8) is 0 Å². The Hall–Kier alpha value is -0.121. The predicted molar refractivity (Wildman–Crippen MR) is 18.4 cm³/mol. The van der Waals surface area contributed by atoms with E-state index in [2.05, 4.69) is 0 Å². The number of hydrogen-bond acceptors (Lipinski definition) is 2. The van der Waals surface area contributed by atoms with Crippen LogP contribution in [0.2, 0.25) is 0 Å². The summed E-state index contributed by atoms with van der Waals surface area (Å²) in [5, 5.41) is 0. The van der Waals surface area contributed by atoms with Crippen LogP contribution in [0.25, 0.3) is 0 Å². The summed E-state index contributed by atoms with van der Waals surface area (Å²) >= 11 is -2.00. The van der Waals surface area contributed by atoms with Crippen LogP contribution in [0.1, 0.15) is 0 Å². The van der Waals surface area contributed by atoms with Gasteiger partial charge < -0.3 is 9.59 Å². The zero-order valence-corrected chi connectivity index (χ0v) is 5.32. The van der Waals surface area contributed by atoms with Gasteiger partial charge in [-0.3, -0.25) is 4.46 Å². The van der Waals surface area contributed by atoms with E-state index < -0.39 is 24.8 Å². The Kier molecular flexibility index (Phi) is 13.3. The molecule has 4 nitrogen and oxygen atoms in total. The van der Waals surface area contributed by atoms with Crippen LogP contribution < -0.4 is 0 Å². The molecule has 0 aliphatic rings. The van der Waals surface area contributed by atoms with Crippen molar-refractivity contribution in [1.82, 2.24) is 0 Å². The van der Waals surface area contributed by atoms with Crippen LogP contribution in [0.3, 0.4) is 0 Å². The van der Waals surface area contributed by atoms with Gasteiger partial charge in [-0.05, 0) is 0 Å². The van der Waals surface area contributed by atoms with Gasteiger partial charge in [-0.25, -0.2) is 0 Å². The zero-order chi connectivity index (χ0) is 6.28. The van der Waals surface area contributed by atoms with Gasteiger partial charge >= 0.3 is 32.1 Å². The summed E-state index contributed by atoms with van der Waals surface area (Å²) in [6.07, 6.45) is 0. The molecular weight excluding hydrogens is 138 g/mol. The van der Waals surface area contributed by atoms with E-state index in [0.29, 0.717) is 0 Å². The average Bonchev–Trinajstić information content (AvgIpc) is 1.33. The summed E-state index contributed by atoms with van der Waals surface area (Å²) in [5.41, 5.74) is 0. The van der Waals surface area contributed by atoms with Crippen molar-refractivity contribution in [2.24, 2.45) is 0 Å². The predicted octanol–water partition coefficient (Wildman–Crippen LogP) is -1.69. The topological polar surface area (TPSA) is 74.6 Å². The molecule has 0 amide bonds. The van der Waals surface area contributed by atoms with Gasteiger partial charge in [0.1, 0.15) is 0 Å². The average molecular weight is 140 g/mol. The van der Waals surface area contributed by atoms with Gasteiger partial charge in [0.2, 0.25) is 0 Å². The molecule has 0 radical (unpaired) electrons. The zero-order valence-electron chi connectivity index (χ0n) is 3.17. The Labute approximate surface area is 46.9 Å². The third-order valence-corrected chi connectivity index (χ3v) is 0. The summed E-state index contributed by atoms with van der Waals surface area (Å²) in [6.45, 7) is 0. The first-order valence-electron chi connectivity index (χ1n) is 1.11. The molecule has 0 spiro atoms. The van der Waals surface area contributed by atoms with Crippen molar-refractivity contribution in [1.29, 1.82) is 0 Å². The first-order chi connectivity index (χ1) is 3.15. The minimum absolute atomic E-state index is 2.00. The maximum atomic E-state index is 9.82. The van der Waals surface area contributed by atoms with Crippen LogP contribution in [0.4, 0.5) is 3.52 Å². The van der Waals surface area contributed by atoms with Gasteiger partial charge in [0.15, 0.2) is 0 Å². The van der Waals surface area contributed by atoms with E-state index in [4.69, 9.17) is 17.9 Å². The summed E-state index contributed by atoms with van der Waals surface area (Å²) in [4.78, 5) is 14.3. The second-order valence-corrected chi connectivity index (χ2v) is 1.11. The van der Waals surface area contributed by atoms with Crippen LogP contribution in [-0.2, 0) is 8.27 Å². The normalized spacial score (nSPS) is 4.71. The fourth-order valence-corrected chi connectivity index (χ4v) is 0. The quantitative estimate of drug-likeness (QED) is 0.393. The molecule has 0 aliphatic carbocycles. The molecule has 0 aromatic carbocycles. The molecule has 2 N–H and O–H groups in total. The molecule has 0 bridgehead atoms. The Morgan fingerprint density at radius 2 is 1.57 bits per heavy atom. The molecule has 7 heteroatoms. The fourth-order valence-electron chi connectivity index (χ4n) is 0. The Morgan fingerprint density at radius 3 is 1.57 bits per heavy atom. The Bertz CT molecular complexity index is 58.7. The SMILES string of the molecule is O=[Si](O)O.[O]=[Al][F]. The van der Waals surface area contributed by atoms with E-state index in [9.17, 15) is 3.52 Å². The van der Waals surface area contributed by atoms with Gasteiger partial charge in [-0.2, -0.15) is 0 Å². The third kappa shape index (κ3) is 6080. The second kappa shape index (κ2) is 9.30. The van der Waals surface area contributed by atoms with Crippen LogP contribution in [0.15, 0.2) is 0 Å². The molecule has 0 fully saturated rings. The molecule has 7 heavy (non-hydrogen) atoms. The molecule has 0 atom stereocenters. The van der Waals surface area contributed by atoms with Crippen LogP contribution in [0.5, 0.6) is 0 Å². The van der Waals surface area contributed by atoms with E-state index in [1.165, 1.54) is 0 Å². The number of hydrogen-bond donors (Lipinski definition) is 2.